The van der Waals surface area contributed by atoms with Gasteiger partial charge in [-0.25, -0.2) is 4.79 Å². The third-order valence-corrected chi connectivity index (χ3v) is 3.55. The summed E-state index contributed by atoms with van der Waals surface area (Å²) in [5.41, 5.74) is 3.21. The van der Waals surface area contributed by atoms with E-state index in [-0.39, 0.29) is 6.03 Å². The van der Waals surface area contributed by atoms with Crippen LogP contribution in [0, 0.1) is 6.92 Å². The van der Waals surface area contributed by atoms with E-state index in [0.29, 0.717) is 12.5 Å². The molecular weight excluding hydrogens is 260 g/mol. The summed E-state index contributed by atoms with van der Waals surface area (Å²) in [4.78, 5) is 12.0. The summed E-state index contributed by atoms with van der Waals surface area (Å²) in [7, 11) is 0. The Hall–Kier alpha value is -2.29. The molecule has 21 heavy (non-hydrogen) atoms. The Morgan fingerprint density at radius 3 is 2.52 bits per heavy atom. The number of rotatable bonds is 5. The second kappa shape index (κ2) is 7.48. The van der Waals surface area contributed by atoms with Crippen molar-refractivity contribution in [2.24, 2.45) is 0 Å². The molecule has 0 spiro atoms. The Morgan fingerprint density at radius 2 is 1.86 bits per heavy atom. The Bertz CT molecular complexity index is 581. The van der Waals surface area contributed by atoms with Crippen LogP contribution >= 0.6 is 0 Å². The molecule has 0 aliphatic rings. The molecule has 0 fully saturated rings. The van der Waals surface area contributed by atoms with Gasteiger partial charge in [-0.05, 0) is 36.6 Å². The number of urea groups is 1. The maximum Gasteiger partial charge on any atom is 0.319 e. The lowest BCUT2D eigenvalue weighted by Crippen LogP contribution is -2.32. The minimum absolute atomic E-state index is 0.157. The van der Waals surface area contributed by atoms with Gasteiger partial charge >= 0.3 is 6.03 Å². The summed E-state index contributed by atoms with van der Waals surface area (Å²) in [6.07, 6.45) is 0.995. The minimum atomic E-state index is -0.157. The van der Waals surface area contributed by atoms with Crippen molar-refractivity contribution in [2.45, 2.75) is 26.2 Å². The zero-order chi connectivity index (χ0) is 15.1. The van der Waals surface area contributed by atoms with Gasteiger partial charge in [0.1, 0.15) is 0 Å². The van der Waals surface area contributed by atoms with Crippen LogP contribution in [0.4, 0.5) is 10.5 Å². The predicted octanol–water partition coefficient (Wildman–Crippen LogP) is 4.31. The number of nitrogens with one attached hydrogen (secondary N) is 2. The molecular formula is C18H22N2O. The summed E-state index contributed by atoms with van der Waals surface area (Å²) in [5.74, 6) is 0.342. The molecule has 0 aromatic heterocycles. The van der Waals surface area contributed by atoms with Crippen LogP contribution < -0.4 is 10.6 Å². The van der Waals surface area contributed by atoms with Crippen LogP contribution in [0.3, 0.4) is 0 Å². The number of anilines is 1. The van der Waals surface area contributed by atoms with Gasteiger partial charge in [-0.3, -0.25) is 0 Å². The minimum Gasteiger partial charge on any atom is -0.337 e. The fourth-order valence-corrected chi connectivity index (χ4v) is 2.34. The first-order valence-electron chi connectivity index (χ1n) is 7.35. The fraction of sp³-hybridized carbons (Fsp3) is 0.278. The van der Waals surface area contributed by atoms with Crippen molar-refractivity contribution in [3.63, 3.8) is 0 Å². The molecule has 0 unspecified atom stereocenters. The molecule has 0 bridgehead atoms. The monoisotopic (exact) mass is 282 g/mol. The first kappa shape index (κ1) is 15.1. The van der Waals surface area contributed by atoms with E-state index < -0.39 is 0 Å². The summed E-state index contributed by atoms with van der Waals surface area (Å²) >= 11 is 0. The Kier molecular flexibility index (Phi) is 5.38. The normalized spacial score (nSPS) is 11.7. The Balaban J connectivity index is 1.88. The second-order valence-corrected chi connectivity index (χ2v) is 5.22. The third kappa shape index (κ3) is 4.63. The highest BCUT2D eigenvalue weighted by molar-refractivity contribution is 5.89. The van der Waals surface area contributed by atoms with Gasteiger partial charge < -0.3 is 10.6 Å². The number of benzene rings is 2. The van der Waals surface area contributed by atoms with Gasteiger partial charge in [-0.1, -0.05) is 49.4 Å². The molecule has 2 aromatic rings. The van der Waals surface area contributed by atoms with E-state index in [4.69, 9.17) is 0 Å². The Labute approximate surface area is 126 Å². The molecule has 0 saturated carbocycles. The van der Waals surface area contributed by atoms with E-state index >= 15 is 0 Å². The van der Waals surface area contributed by atoms with Crippen LogP contribution in [-0.2, 0) is 0 Å². The number of aryl methyl sites for hydroxylation is 1. The second-order valence-electron chi connectivity index (χ2n) is 5.22. The average molecular weight is 282 g/mol. The zero-order valence-electron chi connectivity index (χ0n) is 12.6. The van der Waals surface area contributed by atoms with Crippen molar-refractivity contribution in [2.75, 3.05) is 11.9 Å². The largest absolute Gasteiger partial charge is 0.337 e. The molecule has 0 aliphatic heterocycles. The van der Waals surface area contributed by atoms with Crippen molar-refractivity contribution in [1.82, 2.24) is 5.32 Å². The lowest BCUT2D eigenvalue weighted by atomic mass is 9.97. The van der Waals surface area contributed by atoms with Crippen LogP contribution in [0.1, 0.15) is 30.4 Å². The lowest BCUT2D eigenvalue weighted by molar-refractivity contribution is 0.251. The van der Waals surface area contributed by atoms with Crippen LogP contribution in [-0.4, -0.2) is 12.6 Å². The molecule has 3 heteroatoms. The van der Waals surface area contributed by atoms with E-state index in [1.807, 2.05) is 49.4 Å². The third-order valence-electron chi connectivity index (χ3n) is 3.55. The predicted molar refractivity (Wildman–Crippen MR) is 87.7 cm³/mol. The number of carbonyl (C=O) groups excluding carboxylic acids is 1. The van der Waals surface area contributed by atoms with Gasteiger partial charge in [0.15, 0.2) is 0 Å². The topological polar surface area (TPSA) is 41.1 Å². The molecule has 110 valence electrons. The van der Waals surface area contributed by atoms with E-state index in [0.717, 1.165) is 17.7 Å². The fourth-order valence-electron chi connectivity index (χ4n) is 2.34. The summed E-state index contributed by atoms with van der Waals surface area (Å²) < 4.78 is 0. The molecule has 3 nitrogen and oxygen atoms in total. The summed E-state index contributed by atoms with van der Waals surface area (Å²) in [5, 5.41) is 5.81. The first-order valence-corrected chi connectivity index (χ1v) is 7.35. The van der Waals surface area contributed by atoms with Crippen molar-refractivity contribution >= 4 is 11.7 Å². The number of amides is 2. The van der Waals surface area contributed by atoms with Crippen molar-refractivity contribution in [1.29, 1.82) is 0 Å². The highest BCUT2D eigenvalue weighted by Crippen LogP contribution is 2.18. The van der Waals surface area contributed by atoms with Gasteiger partial charge in [0.05, 0.1) is 0 Å². The first-order chi connectivity index (χ1) is 10.2. The van der Waals surface area contributed by atoms with Gasteiger partial charge in [0, 0.05) is 18.2 Å². The van der Waals surface area contributed by atoms with Crippen LogP contribution in [0.25, 0.3) is 0 Å². The van der Waals surface area contributed by atoms with Crippen molar-refractivity contribution in [3.05, 3.63) is 65.7 Å². The molecule has 2 N–H and O–H groups in total. The van der Waals surface area contributed by atoms with Crippen LogP contribution in [0.2, 0.25) is 0 Å². The molecule has 0 saturated heterocycles. The highest BCUT2D eigenvalue weighted by atomic mass is 16.2. The maximum absolute atomic E-state index is 12.0. The molecule has 2 rings (SSSR count). The smallest absolute Gasteiger partial charge is 0.319 e. The summed E-state index contributed by atoms with van der Waals surface area (Å²) in [6.45, 7) is 4.78. The van der Waals surface area contributed by atoms with E-state index in [2.05, 4.69) is 29.7 Å². The standard InChI is InChI=1S/C18H22N2O/c1-3-15(16-9-5-4-6-10-16)13-19-18(21)20-17-11-7-8-14(2)12-17/h4-12,15H,3,13H2,1-2H3,(H2,19,20,21)/t15-/m1/s1. The van der Waals surface area contributed by atoms with Gasteiger partial charge in [0.2, 0.25) is 0 Å². The molecule has 0 heterocycles. The van der Waals surface area contributed by atoms with Gasteiger partial charge in [-0.2, -0.15) is 0 Å². The summed E-state index contributed by atoms with van der Waals surface area (Å²) in [6, 6.07) is 17.9. The van der Waals surface area contributed by atoms with Crippen molar-refractivity contribution < 1.29 is 4.79 Å². The van der Waals surface area contributed by atoms with E-state index in [1.165, 1.54) is 5.56 Å². The van der Waals surface area contributed by atoms with Crippen molar-refractivity contribution in [3.8, 4) is 0 Å². The molecule has 1 atom stereocenters. The average Bonchev–Trinajstić information content (AvgIpc) is 2.49. The van der Waals surface area contributed by atoms with Gasteiger partial charge in [0.25, 0.3) is 0 Å². The quantitative estimate of drug-likeness (QED) is 0.843. The SMILES string of the molecule is CC[C@H](CNC(=O)Nc1cccc(C)c1)c1ccccc1. The molecule has 2 amide bonds. The van der Waals surface area contributed by atoms with Crippen LogP contribution in [0.15, 0.2) is 54.6 Å². The number of carbonyl (C=O) groups is 1. The molecule has 0 aliphatic carbocycles. The molecule has 2 aromatic carbocycles. The zero-order valence-corrected chi connectivity index (χ0v) is 12.6. The van der Waals surface area contributed by atoms with E-state index in [1.54, 1.807) is 0 Å². The number of hydrogen-bond donors (Lipinski definition) is 2. The Morgan fingerprint density at radius 1 is 1.10 bits per heavy atom. The van der Waals surface area contributed by atoms with E-state index in [9.17, 15) is 4.79 Å². The molecule has 0 radical (unpaired) electrons. The lowest BCUT2D eigenvalue weighted by Gasteiger charge is -2.16. The maximum atomic E-state index is 12.0. The highest BCUT2D eigenvalue weighted by Gasteiger charge is 2.10. The number of hydrogen-bond acceptors (Lipinski definition) is 1. The van der Waals surface area contributed by atoms with Crippen LogP contribution in [0.5, 0.6) is 0 Å². The van der Waals surface area contributed by atoms with Gasteiger partial charge in [-0.15, -0.1) is 0 Å².